The van der Waals surface area contributed by atoms with Gasteiger partial charge in [-0.1, -0.05) is 6.07 Å². The molecule has 1 aromatic rings. The van der Waals surface area contributed by atoms with E-state index in [0.717, 1.165) is 17.8 Å². The van der Waals surface area contributed by atoms with Crippen molar-refractivity contribution in [1.82, 2.24) is 15.6 Å². The van der Waals surface area contributed by atoms with Gasteiger partial charge in [-0.25, -0.2) is 0 Å². The number of hydrogen-bond donors (Lipinski definition) is 2. The largest absolute Gasteiger partial charge is 0.354 e. The molecule has 0 spiro atoms. The molecular formula is C11H17N3O. The lowest BCUT2D eigenvalue weighted by atomic mass is 10.1. The minimum absolute atomic E-state index is 0.0204. The summed E-state index contributed by atoms with van der Waals surface area (Å²) >= 11 is 0. The van der Waals surface area contributed by atoms with Crippen LogP contribution in [0.1, 0.15) is 11.3 Å². The number of hydrogen-bond acceptors (Lipinski definition) is 3. The second-order valence-corrected chi connectivity index (χ2v) is 3.40. The number of aryl methyl sites for hydroxylation is 1. The third-order valence-electron chi connectivity index (χ3n) is 2.14. The second kappa shape index (κ2) is 6.14. The number of likely N-dealkylation sites (N-methyl/N-ethyl adjacent to an activating group) is 1. The molecule has 0 aliphatic heterocycles. The highest BCUT2D eigenvalue weighted by atomic mass is 16.1. The summed E-state index contributed by atoms with van der Waals surface area (Å²) in [6, 6.07) is 3.83. The molecule has 0 aliphatic rings. The van der Waals surface area contributed by atoms with Crippen LogP contribution in [0.15, 0.2) is 18.3 Å². The molecule has 4 heteroatoms. The molecule has 82 valence electrons. The summed E-state index contributed by atoms with van der Waals surface area (Å²) in [5, 5.41) is 5.79. The fourth-order valence-corrected chi connectivity index (χ4v) is 1.24. The van der Waals surface area contributed by atoms with Crippen LogP contribution >= 0.6 is 0 Å². The van der Waals surface area contributed by atoms with Gasteiger partial charge >= 0.3 is 0 Å². The van der Waals surface area contributed by atoms with Crippen molar-refractivity contribution in [3.05, 3.63) is 29.6 Å². The van der Waals surface area contributed by atoms with Crippen LogP contribution in [-0.2, 0) is 11.2 Å². The number of carbonyl (C=O) groups is 1. The van der Waals surface area contributed by atoms with E-state index in [1.807, 2.05) is 26.1 Å². The van der Waals surface area contributed by atoms with Crippen molar-refractivity contribution in [2.45, 2.75) is 13.3 Å². The maximum absolute atomic E-state index is 11.5. The minimum atomic E-state index is 0.0204. The van der Waals surface area contributed by atoms with E-state index in [2.05, 4.69) is 15.6 Å². The van der Waals surface area contributed by atoms with Gasteiger partial charge in [0.15, 0.2) is 0 Å². The van der Waals surface area contributed by atoms with E-state index >= 15 is 0 Å². The highest BCUT2D eigenvalue weighted by Gasteiger charge is 2.05. The molecule has 1 amide bonds. The zero-order valence-electron chi connectivity index (χ0n) is 9.21. The Morgan fingerprint density at radius 2 is 2.27 bits per heavy atom. The number of nitrogens with one attached hydrogen (secondary N) is 2. The van der Waals surface area contributed by atoms with Gasteiger partial charge in [-0.05, 0) is 25.6 Å². The molecule has 15 heavy (non-hydrogen) atoms. The van der Waals surface area contributed by atoms with Crippen molar-refractivity contribution in [3.8, 4) is 0 Å². The van der Waals surface area contributed by atoms with Crippen molar-refractivity contribution in [2.75, 3.05) is 20.1 Å². The van der Waals surface area contributed by atoms with E-state index in [1.54, 1.807) is 6.20 Å². The van der Waals surface area contributed by atoms with E-state index < -0.39 is 0 Å². The average Bonchev–Trinajstić information content (AvgIpc) is 2.22. The van der Waals surface area contributed by atoms with Gasteiger partial charge in [0, 0.05) is 19.3 Å². The van der Waals surface area contributed by atoms with Crippen LogP contribution in [0, 0.1) is 6.92 Å². The minimum Gasteiger partial charge on any atom is -0.354 e. The van der Waals surface area contributed by atoms with Gasteiger partial charge in [0.05, 0.1) is 12.1 Å². The van der Waals surface area contributed by atoms with Gasteiger partial charge in [0.25, 0.3) is 0 Å². The lowest BCUT2D eigenvalue weighted by Gasteiger charge is -2.05. The second-order valence-electron chi connectivity index (χ2n) is 3.40. The first-order chi connectivity index (χ1) is 7.24. The van der Waals surface area contributed by atoms with Crippen molar-refractivity contribution in [3.63, 3.8) is 0 Å². The lowest BCUT2D eigenvalue weighted by molar-refractivity contribution is -0.120. The molecule has 0 aromatic carbocycles. The highest BCUT2D eigenvalue weighted by Crippen LogP contribution is 2.03. The molecular weight excluding hydrogens is 190 g/mol. The molecule has 0 aliphatic carbocycles. The number of aromatic nitrogens is 1. The van der Waals surface area contributed by atoms with Gasteiger partial charge in [-0.3, -0.25) is 9.78 Å². The third-order valence-corrected chi connectivity index (χ3v) is 2.14. The monoisotopic (exact) mass is 207 g/mol. The van der Waals surface area contributed by atoms with Gasteiger partial charge in [0.1, 0.15) is 0 Å². The van der Waals surface area contributed by atoms with Crippen LogP contribution in [0.2, 0.25) is 0 Å². The van der Waals surface area contributed by atoms with Crippen LogP contribution in [0.5, 0.6) is 0 Å². The summed E-state index contributed by atoms with van der Waals surface area (Å²) in [6.45, 7) is 3.40. The molecule has 0 fully saturated rings. The molecule has 0 saturated heterocycles. The Hall–Kier alpha value is -1.42. The maximum atomic E-state index is 11.5. The Labute approximate surface area is 90.1 Å². The standard InChI is InChI=1S/C11H17N3O/c1-9-4-3-5-13-10(9)8-11(15)14-7-6-12-2/h3-5,12H,6-8H2,1-2H3,(H,14,15). The van der Waals surface area contributed by atoms with E-state index in [0.29, 0.717) is 13.0 Å². The Balaban J connectivity index is 2.41. The first kappa shape index (κ1) is 11.7. The van der Waals surface area contributed by atoms with E-state index in [9.17, 15) is 4.79 Å². The van der Waals surface area contributed by atoms with Crippen LogP contribution in [0.3, 0.4) is 0 Å². The van der Waals surface area contributed by atoms with Crippen LogP contribution in [-0.4, -0.2) is 31.0 Å². The van der Waals surface area contributed by atoms with E-state index in [1.165, 1.54) is 0 Å². The van der Waals surface area contributed by atoms with Crippen LogP contribution in [0.4, 0.5) is 0 Å². The van der Waals surface area contributed by atoms with E-state index in [-0.39, 0.29) is 5.91 Å². The molecule has 0 saturated carbocycles. The summed E-state index contributed by atoms with van der Waals surface area (Å²) in [5.74, 6) is 0.0204. The predicted molar refractivity (Wildman–Crippen MR) is 59.6 cm³/mol. The molecule has 1 rings (SSSR count). The molecule has 4 nitrogen and oxygen atoms in total. The van der Waals surface area contributed by atoms with Gasteiger partial charge < -0.3 is 10.6 Å². The van der Waals surface area contributed by atoms with Crippen LogP contribution in [0.25, 0.3) is 0 Å². The van der Waals surface area contributed by atoms with Gasteiger partial charge in [-0.15, -0.1) is 0 Å². The number of rotatable bonds is 5. The van der Waals surface area contributed by atoms with E-state index in [4.69, 9.17) is 0 Å². The Morgan fingerprint density at radius 3 is 2.93 bits per heavy atom. The fourth-order valence-electron chi connectivity index (χ4n) is 1.24. The van der Waals surface area contributed by atoms with Crippen molar-refractivity contribution < 1.29 is 4.79 Å². The zero-order valence-corrected chi connectivity index (χ0v) is 9.21. The molecule has 1 aromatic heterocycles. The quantitative estimate of drug-likeness (QED) is 0.681. The molecule has 0 atom stereocenters. The number of amides is 1. The maximum Gasteiger partial charge on any atom is 0.226 e. The summed E-state index contributed by atoms with van der Waals surface area (Å²) in [4.78, 5) is 15.6. The third kappa shape index (κ3) is 4.08. The zero-order chi connectivity index (χ0) is 11.1. The Morgan fingerprint density at radius 1 is 1.47 bits per heavy atom. The summed E-state index contributed by atoms with van der Waals surface area (Å²) < 4.78 is 0. The van der Waals surface area contributed by atoms with Crippen molar-refractivity contribution in [1.29, 1.82) is 0 Å². The van der Waals surface area contributed by atoms with Crippen molar-refractivity contribution in [2.24, 2.45) is 0 Å². The predicted octanol–water partition coefficient (Wildman–Crippen LogP) is 0.268. The summed E-state index contributed by atoms with van der Waals surface area (Å²) in [6.07, 6.45) is 2.07. The topological polar surface area (TPSA) is 54.0 Å². The average molecular weight is 207 g/mol. The smallest absolute Gasteiger partial charge is 0.226 e. The molecule has 0 unspecified atom stereocenters. The number of pyridine rings is 1. The molecule has 2 N–H and O–H groups in total. The molecule has 1 heterocycles. The normalized spacial score (nSPS) is 10.0. The first-order valence-corrected chi connectivity index (χ1v) is 5.06. The summed E-state index contributed by atoms with van der Waals surface area (Å²) in [5.41, 5.74) is 1.90. The lowest BCUT2D eigenvalue weighted by Crippen LogP contribution is -2.31. The highest BCUT2D eigenvalue weighted by molar-refractivity contribution is 5.78. The van der Waals surface area contributed by atoms with Gasteiger partial charge in [-0.2, -0.15) is 0 Å². The molecule has 0 bridgehead atoms. The number of nitrogens with zero attached hydrogens (tertiary/aromatic N) is 1. The van der Waals surface area contributed by atoms with Crippen molar-refractivity contribution >= 4 is 5.91 Å². The first-order valence-electron chi connectivity index (χ1n) is 5.06. The SMILES string of the molecule is CNCCNC(=O)Cc1ncccc1C. The Kier molecular flexibility index (Phi) is 4.77. The Bertz CT molecular complexity index is 325. The fraction of sp³-hybridized carbons (Fsp3) is 0.455. The summed E-state index contributed by atoms with van der Waals surface area (Å²) in [7, 11) is 1.86. The van der Waals surface area contributed by atoms with Crippen LogP contribution < -0.4 is 10.6 Å². The number of carbonyl (C=O) groups excluding carboxylic acids is 1. The molecule has 0 radical (unpaired) electrons. The van der Waals surface area contributed by atoms with Gasteiger partial charge in [0.2, 0.25) is 5.91 Å².